The summed E-state index contributed by atoms with van der Waals surface area (Å²) in [6.07, 6.45) is 0. The van der Waals surface area contributed by atoms with Crippen molar-refractivity contribution in [1.29, 1.82) is 0 Å². The maximum Gasteiger partial charge on any atom is 0.341 e. The van der Waals surface area contributed by atoms with Gasteiger partial charge in [-0.25, -0.2) is 13.6 Å². The molecule has 0 amide bonds. The van der Waals surface area contributed by atoms with Crippen molar-refractivity contribution in [3.8, 4) is 0 Å². The highest BCUT2D eigenvalue weighted by molar-refractivity contribution is 7.09. The fraction of sp³-hybridized carbons (Fsp3) is 0.0833. The van der Waals surface area contributed by atoms with E-state index in [2.05, 4.69) is 0 Å². The van der Waals surface area contributed by atoms with E-state index in [1.54, 1.807) is 6.07 Å². The third kappa shape index (κ3) is 2.68. The fourth-order valence-electron chi connectivity index (χ4n) is 1.27. The van der Waals surface area contributed by atoms with Crippen molar-refractivity contribution < 1.29 is 18.3 Å². The summed E-state index contributed by atoms with van der Waals surface area (Å²) in [5.41, 5.74) is -0.387. The molecule has 0 unspecified atom stereocenters. The van der Waals surface area contributed by atoms with Gasteiger partial charge in [0.05, 0.1) is 5.56 Å². The van der Waals surface area contributed by atoms with Crippen LogP contribution >= 0.6 is 11.3 Å². The van der Waals surface area contributed by atoms with E-state index in [1.807, 2.05) is 11.4 Å². The van der Waals surface area contributed by atoms with Crippen LogP contribution in [-0.2, 0) is 11.3 Å². The van der Waals surface area contributed by atoms with Gasteiger partial charge >= 0.3 is 5.97 Å². The Morgan fingerprint density at radius 1 is 1.24 bits per heavy atom. The van der Waals surface area contributed by atoms with Crippen LogP contribution in [0.3, 0.4) is 0 Å². The lowest BCUT2D eigenvalue weighted by Crippen LogP contribution is -2.08. The van der Waals surface area contributed by atoms with E-state index in [9.17, 15) is 13.6 Å². The van der Waals surface area contributed by atoms with Crippen molar-refractivity contribution in [2.45, 2.75) is 6.61 Å². The summed E-state index contributed by atoms with van der Waals surface area (Å²) in [5.74, 6) is -3.10. The maximum atomic E-state index is 13.2. The fourth-order valence-corrected chi connectivity index (χ4v) is 1.89. The summed E-state index contributed by atoms with van der Waals surface area (Å²) in [5, 5.41) is 1.84. The highest BCUT2D eigenvalue weighted by atomic mass is 32.1. The summed E-state index contributed by atoms with van der Waals surface area (Å²) in [4.78, 5) is 12.3. The predicted octanol–water partition coefficient (Wildman–Crippen LogP) is 3.38. The van der Waals surface area contributed by atoms with Gasteiger partial charge in [-0.1, -0.05) is 12.1 Å². The van der Waals surface area contributed by atoms with Crippen LogP contribution in [0.2, 0.25) is 0 Å². The molecule has 0 fully saturated rings. The van der Waals surface area contributed by atoms with Gasteiger partial charge in [-0.05, 0) is 23.6 Å². The maximum absolute atomic E-state index is 13.2. The van der Waals surface area contributed by atoms with Gasteiger partial charge in [-0.2, -0.15) is 0 Å². The van der Waals surface area contributed by atoms with Crippen LogP contribution in [0.1, 0.15) is 15.2 Å². The number of hydrogen-bond acceptors (Lipinski definition) is 3. The summed E-state index contributed by atoms with van der Waals surface area (Å²) in [7, 11) is 0. The zero-order valence-electron chi connectivity index (χ0n) is 8.65. The predicted molar refractivity (Wildman–Crippen MR) is 59.8 cm³/mol. The highest BCUT2D eigenvalue weighted by Crippen LogP contribution is 2.15. The molecule has 0 saturated carbocycles. The Kier molecular flexibility index (Phi) is 3.49. The standard InChI is InChI=1S/C12H8F2O2S/c13-10-5-1-4-9(11(10)14)12(15)16-7-8-3-2-6-17-8/h1-6H,7H2. The number of carbonyl (C=O) groups is 1. The highest BCUT2D eigenvalue weighted by Gasteiger charge is 2.16. The largest absolute Gasteiger partial charge is 0.456 e. The van der Waals surface area contributed by atoms with Gasteiger partial charge in [-0.3, -0.25) is 0 Å². The molecule has 0 aliphatic rings. The Hall–Kier alpha value is -1.75. The van der Waals surface area contributed by atoms with Gasteiger partial charge < -0.3 is 4.74 Å². The Morgan fingerprint density at radius 3 is 2.76 bits per heavy atom. The van der Waals surface area contributed by atoms with Gasteiger partial charge in [0.25, 0.3) is 0 Å². The molecule has 0 N–H and O–H groups in total. The number of benzene rings is 1. The number of rotatable bonds is 3. The minimum atomic E-state index is -1.18. The Bertz CT molecular complexity index is 523. The number of thiophene rings is 1. The van der Waals surface area contributed by atoms with Crippen molar-refractivity contribution in [2.24, 2.45) is 0 Å². The smallest absolute Gasteiger partial charge is 0.341 e. The van der Waals surface area contributed by atoms with Crippen LogP contribution < -0.4 is 0 Å². The van der Waals surface area contributed by atoms with Gasteiger partial charge in [0.1, 0.15) is 6.61 Å². The molecule has 0 saturated heterocycles. The molecule has 17 heavy (non-hydrogen) atoms. The van der Waals surface area contributed by atoms with Crippen molar-refractivity contribution in [3.63, 3.8) is 0 Å². The van der Waals surface area contributed by atoms with Gasteiger partial charge in [0.2, 0.25) is 0 Å². The topological polar surface area (TPSA) is 26.3 Å². The second kappa shape index (κ2) is 5.05. The van der Waals surface area contributed by atoms with Crippen molar-refractivity contribution >= 4 is 17.3 Å². The van der Waals surface area contributed by atoms with E-state index in [0.717, 1.165) is 10.9 Å². The summed E-state index contributed by atoms with van der Waals surface area (Å²) >= 11 is 1.42. The minimum absolute atomic E-state index is 0.0620. The van der Waals surface area contributed by atoms with Crippen LogP contribution in [0.5, 0.6) is 0 Å². The first-order valence-corrected chi connectivity index (χ1v) is 5.70. The first-order valence-electron chi connectivity index (χ1n) is 4.82. The Balaban J connectivity index is 2.07. The molecule has 1 aromatic carbocycles. The molecule has 0 aliphatic heterocycles. The van der Waals surface area contributed by atoms with Gasteiger partial charge in [0, 0.05) is 4.88 Å². The van der Waals surface area contributed by atoms with Crippen LogP contribution in [0, 0.1) is 11.6 Å². The van der Waals surface area contributed by atoms with Crippen LogP contribution in [0.25, 0.3) is 0 Å². The van der Waals surface area contributed by atoms with Crippen molar-refractivity contribution in [2.75, 3.05) is 0 Å². The summed E-state index contributed by atoms with van der Waals surface area (Å²) < 4.78 is 31.0. The van der Waals surface area contributed by atoms with E-state index in [-0.39, 0.29) is 12.2 Å². The summed E-state index contributed by atoms with van der Waals surface area (Å²) in [6, 6.07) is 7.01. The normalized spacial score (nSPS) is 10.2. The number of esters is 1. The first kappa shape index (κ1) is 11.7. The van der Waals surface area contributed by atoms with Crippen molar-refractivity contribution in [3.05, 3.63) is 57.8 Å². The number of ether oxygens (including phenoxy) is 1. The second-order valence-electron chi connectivity index (χ2n) is 3.26. The van der Waals surface area contributed by atoms with E-state index in [1.165, 1.54) is 23.5 Å². The molecule has 0 atom stereocenters. The molecule has 2 nitrogen and oxygen atoms in total. The Labute approximate surface area is 100 Å². The van der Waals surface area contributed by atoms with E-state index >= 15 is 0 Å². The molecular weight excluding hydrogens is 246 g/mol. The molecule has 1 heterocycles. The molecule has 1 aromatic heterocycles. The molecule has 2 aromatic rings. The average Bonchev–Trinajstić information content (AvgIpc) is 2.82. The number of hydrogen-bond donors (Lipinski definition) is 0. The molecule has 2 rings (SSSR count). The second-order valence-corrected chi connectivity index (χ2v) is 4.29. The monoisotopic (exact) mass is 254 g/mol. The van der Waals surface area contributed by atoms with Gasteiger partial charge in [-0.15, -0.1) is 11.3 Å². The van der Waals surface area contributed by atoms with E-state index in [4.69, 9.17) is 4.74 Å². The molecule has 0 radical (unpaired) electrons. The van der Waals surface area contributed by atoms with Crippen LogP contribution in [0.15, 0.2) is 35.7 Å². The average molecular weight is 254 g/mol. The molecule has 5 heteroatoms. The van der Waals surface area contributed by atoms with Crippen molar-refractivity contribution in [1.82, 2.24) is 0 Å². The van der Waals surface area contributed by atoms with Gasteiger partial charge in [0.15, 0.2) is 11.6 Å². The zero-order valence-corrected chi connectivity index (χ0v) is 9.47. The minimum Gasteiger partial charge on any atom is -0.456 e. The molecule has 88 valence electrons. The number of carbonyl (C=O) groups excluding carboxylic acids is 1. The SMILES string of the molecule is O=C(OCc1cccs1)c1cccc(F)c1F. The molecule has 0 aliphatic carbocycles. The summed E-state index contributed by atoms with van der Waals surface area (Å²) in [6.45, 7) is 0.0620. The molecule has 0 bridgehead atoms. The lowest BCUT2D eigenvalue weighted by molar-refractivity contribution is 0.0470. The quantitative estimate of drug-likeness (QED) is 0.785. The molecular formula is C12H8F2O2S. The van der Waals surface area contributed by atoms with Crippen LogP contribution in [0.4, 0.5) is 8.78 Å². The third-order valence-corrected chi connectivity index (χ3v) is 2.95. The Morgan fingerprint density at radius 2 is 2.06 bits per heavy atom. The first-order chi connectivity index (χ1) is 8.18. The number of halogens is 2. The van der Waals surface area contributed by atoms with E-state index < -0.39 is 17.6 Å². The third-order valence-electron chi connectivity index (χ3n) is 2.10. The van der Waals surface area contributed by atoms with E-state index in [0.29, 0.717) is 0 Å². The lowest BCUT2D eigenvalue weighted by atomic mass is 10.2. The van der Waals surface area contributed by atoms with Crippen LogP contribution in [-0.4, -0.2) is 5.97 Å². The molecule has 0 spiro atoms. The lowest BCUT2D eigenvalue weighted by Gasteiger charge is -2.04. The zero-order chi connectivity index (χ0) is 12.3.